The number of allylic oxidation sites excluding steroid dienone is 1. The van der Waals surface area contributed by atoms with E-state index in [2.05, 4.69) is 55.1 Å². The molecule has 3 rings (SSSR count). The first-order valence-corrected chi connectivity index (χ1v) is 10.8. The van der Waals surface area contributed by atoms with Crippen molar-refractivity contribution < 1.29 is 4.79 Å². The van der Waals surface area contributed by atoms with E-state index in [-0.39, 0.29) is 5.91 Å². The number of thioether (sulfide) groups is 1. The quantitative estimate of drug-likeness (QED) is 0.396. The fourth-order valence-corrected chi connectivity index (χ4v) is 4.85. The molecule has 3 nitrogen and oxygen atoms in total. The van der Waals surface area contributed by atoms with Gasteiger partial charge in [-0.05, 0) is 42.3 Å². The Balaban J connectivity index is 2.05. The van der Waals surface area contributed by atoms with Crippen LogP contribution in [0.1, 0.15) is 36.7 Å². The van der Waals surface area contributed by atoms with Gasteiger partial charge >= 0.3 is 0 Å². The standard InChI is InChI=1S/C22H24N2OS2/c1-5-12-24-19-11-10-16(6-2)13-20(19)27-22(24)23-21(25)17-8-7-9-18(14-17)26-15(3)4/h5,7-11,13-15H,1,6,12H2,2-4H3. The third-order valence-corrected chi connectivity index (χ3v) is 6.16. The van der Waals surface area contributed by atoms with E-state index in [4.69, 9.17) is 0 Å². The van der Waals surface area contributed by atoms with Crippen molar-refractivity contribution in [3.8, 4) is 0 Å². The van der Waals surface area contributed by atoms with Gasteiger partial charge in [-0.3, -0.25) is 4.79 Å². The molecule has 0 aliphatic heterocycles. The molecule has 0 spiro atoms. The van der Waals surface area contributed by atoms with E-state index < -0.39 is 0 Å². The van der Waals surface area contributed by atoms with Crippen LogP contribution in [-0.2, 0) is 13.0 Å². The number of hydrogen-bond acceptors (Lipinski definition) is 3. The minimum atomic E-state index is -0.207. The van der Waals surface area contributed by atoms with Crippen LogP contribution in [0.5, 0.6) is 0 Å². The van der Waals surface area contributed by atoms with E-state index in [0.29, 0.717) is 22.2 Å². The summed E-state index contributed by atoms with van der Waals surface area (Å²) in [6, 6.07) is 14.1. The Bertz CT molecular complexity index is 1040. The zero-order valence-corrected chi connectivity index (χ0v) is 17.6. The molecule has 140 valence electrons. The molecule has 0 saturated carbocycles. The number of thiazole rings is 1. The van der Waals surface area contributed by atoms with Crippen LogP contribution in [0.3, 0.4) is 0 Å². The summed E-state index contributed by atoms with van der Waals surface area (Å²) in [5.74, 6) is -0.207. The van der Waals surface area contributed by atoms with Gasteiger partial charge in [0.2, 0.25) is 0 Å². The van der Waals surface area contributed by atoms with Crippen LogP contribution in [0.25, 0.3) is 10.2 Å². The maximum absolute atomic E-state index is 12.8. The average Bonchev–Trinajstić information content (AvgIpc) is 2.98. The Kier molecular flexibility index (Phi) is 6.34. The van der Waals surface area contributed by atoms with Crippen LogP contribution in [0, 0.1) is 0 Å². The second kappa shape index (κ2) is 8.72. The highest BCUT2D eigenvalue weighted by Crippen LogP contribution is 2.24. The number of rotatable bonds is 6. The number of aryl methyl sites for hydroxylation is 1. The van der Waals surface area contributed by atoms with Crippen molar-refractivity contribution in [2.45, 2.75) is 43.9 Å². The first kappa shape index (κ1) is 19.6. The molecule has 0 bridgehead atoms. The lowest BCUT2D eigenvalue weighted by Crippen LogP contribution is -2.16. The predicted molar refractivity (Wildman–Crippen MR) is 117 cm³/mol. The minimum Gasteiger partial charge on any atom is -0.312 e. The van der Waals surface area contributed by atoms with Gasteiger partial charge in [-0.25, -0.2) is 0 Å². The van der Waals surface area contributed by atoms with Crippen molar-refractivity contribution in [1.82, 2.24) is 4.57 Å². The Morgan fingerprint density at radius 1 is 1.30 bits per heavy atom. The number of nitrogens with zero attached hydrogens (tertiary/aromatic N) is 2. The van der Waals surface area contributed by atoms with Gasteiger partial charge in [0.15, 0.2) is 4.80 Å². The fraction of sp³-hybridized carbons (Fsp3) is 0.273. The van der Waals surface area contributed by atoms with Crippen LogP contribution < -0.4 is 4.80 Å². The van der Waals surface area contributed by atoms with Crippen molar-refractivity contribution in [3.05, 3.63) is 71.0 Å². The van der Waals surface area contributed by atoms with Crippen molar-refractivity contribution in [3.63, 3.8) is 0 Å². The van der Waals surface area contributed by atoms with Gasteiger partial charge in [-0.2, -0.15) is 4.99 Å². The van der Waals surface area contributed by atoms with Gasteiger partial charge < -0.3 is 4.57 Å². The van der Waals surface area contributed by atoms with Crippen molar-refractivity contribution >= 4 is 39.2 Å². The highest BCUT2D eigenvalue weighted by atomic mass is 32.2. The topological polar surface area (TPSA) is 34.4 Å². The second-order valence-corrected chi connectivity index (χ2v) is 9.21. The second-order valence-electron chi connectivity index (χ2n) is 6.55. The maximum atomic E-state index is 12.8. The summed E-state index contributed by atoms with van der Waals surface area (Å²) in [6.45, 7) is 10.9. The highest BCUT2D eigenvalue weighted by molar-refractivity contribution is 7.99. The molecule has 27 heavy (non-hydrogen) atoms. The van der Waals surface area contributed by atoms with E-state index >= 15 is 0 Å². The van der Waals surface area contributed by atoms with E-state index in [1.165, 1.54) is 5.56 Å². The highest BCUT2D eigenvalue weighted by Gasteiger charge is 2.10. The molecule has 0 radical (unpaired) electrons. The van der Waals surface area contributed by atoms with Crippen LogP contribution in [0.15, 0.2) is 65.0 Å². The molecule has 0 fully saturated rings. The summed E-state index contributed by atoms with van der Waals surface area (Å²) >= 11 is 3.30. The zero-order chi connectivity index (χ0) is 19.4. The molecule has 0 aliphatic carbocycles. The Morgan fingerprint density at radius 2 is 2.11 bits per heavy atom. The smallest absolute Gasteiger partial charge is 0.279 e. The van der Waals surface area contributed by atoms with E-state index in [1.807, 2.05) is 30.3 Å². The maximum Gasteiger partial charge on any atom is 0.279 e. The SMILES string of the molecule is C=CCn1c(=NC(=O)c2cccc(SC(C)C)c2)sc2cc(CC)ccc21. The summed E-state index contributed by atoms with van der Waals surface area (Å²) in [4.78, 5) is 19.1. The van der Waals surface area contributed by atoms with E-state index in [9.17, 15) is 4.79 Å². The first-order chi connectivity index (χ1) is 13.0. The van der Waals surface area contributed by atoms with Crippen LogP contribution in [0.4, 0.5) is 0 Å². The van der Waals surface area contributed by atoms with Crippen LogP contribution >= 0.6 is 23.1 Å². The number of fused-ring (bicyclic) bond motifs is 1. The van der Waals surface area contributed by atoms with Gasteiger partial charge in [0, 0.05) is 22.3 Å². The Hall–Kier alpha value is -2.11. The van der Waals surface area contributed by atoms with Crippen molar-refractivity contribution in [1.29, 1.82) is 0 Å². The summed E-state index contributed by atoms with van der Waals surface area (Å²) < 4.78 is 3.20. The number of aromatic nitrogens is 1. The number of benzene rings is 2. The summed E-state index contributed by atoms with van der Waals surface area (Å²) in [5, 5.41) is 0.470. The monoisotopic (exact) mass is 396 g/mol. The zero-order valence-electron chi connectivity index (χ0n) is 15.9. The van der Waals surface area contributed by atoms with Crippen molar-refractivity contribution in [2.75, 3.05) is 0 Å². The lowest BCUT2D eigenvalue weighted by atomic mass is 10.2. The summed E-state index contributed by atoms with van der Waals surface area (Å²) in [7, 11) is 0. The molecular formula is C22H24N2OS2. The normalized spacial score (nSPS) is 12.1. The molecule has 3 aromatic rings. The third kappa shape index (κ3) is 4.60. The fourth-order valence-electron chi connectivity index (χ4n) is 2.85. The van der Waals surface area contributed by atoms with Crippen molar-refractivity contribution in [2.24, 2.45) is 4.99 Å². The molecule has 0 N–H and O–H groups in total. The van der Waals surface area contributed by atoms with Gasteiger partial charge in [-0.15, -0.1) is 18.3 Å². The molecule has 1 aromatic heterocycles. The van der Waals surface area contributed by atoms with Crippen LogP contribution in [-0.4, -0.2) is 15.7 Å². The Morgan fingerprint density at radius 3 is 2.81 bits per heavy atom. The van der Waals surface area contributed by atoms with Crippen LogP contribution in [0.2, 0.25) is 0 Å². The van der Waals surface area contributed by atoms with Gasteiger partial charge in [0.05, 0.1) is 10.2 Å². The number of carbonyl (C=O) groups excluding carboxylic acids is 1. The molecule has 0 atom stereocenters. The lowest BCUT2D eigenvalue weighted by molar-refractivity contribution is 0.0997. The molecule has 0 saturated heterocycles. The largest absolute Gasteiger partial charge is 0.312 e. The molecule has 1 amide bonds. The van der Waals surface area contributed by atoms with E-state index in [1.54, 1.807) is 23.1 Å². The Labute approximate surface area is 168 Å². The molecule has 5 heteroatoms. The average molecular weight is 397 g/mol. The number of hydrogen-bond donors (Lipinski definition) is 0. The summed E-state index contributed by atoms with van der Waals surface area (Å²) in [6.07, 6.45) is 2.82. The molecule has 0 unspecified atom stereocenters. The molecular weight excluding hydrogens is 372 g/mol. The molecule has 2 aromatic carbocycles. The predicted octanol–water partition coefficient (Wildman–Crippen LogP) is 5.69. The number of carbonyl (C=O) groups is 1. The first-order valence-electron chi connectivity index (χ1n) is 9.10. The lowest BCUT2D eigenvalue weighted by Gasteiger charge is -2.05. The number of amides is 1. The summed E-state index contributed by atoms with van der Waals surface area (Å²) in [5.41, 5.74) is 3.00. The van der Waals surface area contributed by atoms with E-state index in [0.717, 1.165) is 21.5 Å². The van der Waals surface area contributed by atoms with Gasteiger partial charge in [0.25, 0.3) is 5.91 Å². The van der Waals surface area contributed by atoms with Gasteiger partial charge in [0.1, 0.15) is 0 Å². The minimum absolute atomic E-state index is 0.207. The van der Waals surface area contributed by atoms with Gasteiger partial charge in [-0.1, -0.05) is 50.3 Å². The molecule has 0 aliphatic rings. The molecule has 1 heterocycles. The third-order valence-electron chi connectivity index (χ3n) is 4.12.